The number of benzene rings is 2. The number of thioether (sulfide) groups is 1. The van der Waals surface area contributed by atoms with Crippen molar-refractivity contribution in [1.82, 2.24) is 9.47 Å². The largest absolute Gasteiger partial charge is 0.318 e. The number of halogens is 1. The van der Waals surface area contributed by atoms with E-state index in [0.717, 1.165) is 34.3 Å². The fourth-order valence-corrected chi connectivity index (χ4v) is 4.77. The number of imide groups is 1. The van der Waals surface area contributed by atoms with E-state index in [-0.39, 0.29) is 23.4 Å². The number of hydrogen-bond donors (Lipinski definition) is 0. The van der Waals surface area contributed by atoms with Crippen LogP contribution in [0.25, 0.3) is 11.8 Å². The minimum Gasteiger partial charge on any atom is -0.318 e. The van der Waals surface area contributed by atoms with Gasteiger partial charge in [0.1, 0.15) is 0 Å². The first-order valence-electron chi connectivity index (χ1n) is 10.1. The van der Waals surface area contributed by atoms with Crippen LogP contribution in [0.5, 0.6) is 0 Å². The highest BCUT2D eigenvalue weighted by Crippen LogP contribution is 2.35. The van der Waals surface area contributed by atoms with Crippen molar-refractivity contribution < 1.29 is 14.5 Å². The predicted molar refractivity (Wildman–Crippen MR) is 130 cm³/mol. The topological polar surface area (TPSA) is 85.5 Å². The van der Waals surface area contributed by atoms with Crippen LogP contribution in [0.1, 0.15) is 28.1 Å². The SMILES string of the molecule is Cc1ccc(-n2c(C)cc(C=C3SC(=O)N(Cc4ccc(Cl)cc4)C3=O)c2C)cc1[N+](=O)[O-]. The Morgan fingerprint density at radius 2 is 1.76 bits per heavy atom. The van der Waals surface area contributed by atoms with Gasteiger partial charge >= 0.3 is 0 Å². The van der Waals surface area contributed by atoms with Gasteiger partial charge in [0, 0.05) is 28.0 Å². The molecule has 7 nitrogen and oxygen atoms in total. The van der Waals surface area contributed by atoms with E-state index in [0.29, 0.717) is 21.2 Å². The summed E-state index contributed by atoms with van der Waals surface area (Å²) in [6, 6.07) is 14.0. The van der Waals surface area contributed by atoms with Crippen LogP contribution in [0.15, 0.2) is 53.4 Å². The van der Waals surface area contributed by atoms with Crippen LogP contribution >= 0.6 is 23.4 Å². The summed E-state index contributed by atoms with van der Waals surface area (Å²) in [5, 5.41) is 11.6. The van der Waals surface area contributed by atoms with Crippen LogP contribution < -0.4 is 0 Å². The maximum absolute atomic E-state index is 12.9. The van der Waals surface area contributed by atoms with Crippen molar-refractivity contribution in [2.24, 2.45) is 0 Å². The molecule has 9 heteroatoms. The quantitative estimate of drug-likeness (QED) is 0.246. The van der Waals surface area contributed by atoms with Crippen LogP contribution in [-0.4, -0.2) is 25.5 Å². The molecule has 0 N–H and O–H groups in total. The molecule has 1 aliphatic rings. The van der Waals surface area contributed by atoms with Gasteiger partial charge in [0.25, 0.3) is 16.8 Å². The summed E-state index contributed by atoms with van der Waals surface area (Å²) in [6.45, 7) is 5.64. The average Bonchev–Trinajstić information content (AvgIpc) is 3.19. The lowest BCUT2D eigenvalue weighted by Gasteiger charge is -2.12. The Bertz CT molecular complexity index is 1330. The number of nitro groups is 1. The number of aromatic nitrogens is 1. The average molecular weight is 482 g/mol. The Morgan fingerprint density at radius 3 is 2.42 bits per heavy atom. The van der Waals surface area contributed by atoms with Gasteiger partial charge in [0.05, 0.1) is 22.1 Å². The van der Waals surface area contributed by atoms with Crippen molar-refractivity contribution in [3.05, 3.63) is 96.7 Å². The van der Waals surface area contributed by atoms with Crippen molar-refractivity contribution >= 4 is 46.3 Å². The van der Waals surface area contributed by atoms with Gasteiger partial charge in [-0.05, 0) is 74.0 Å². The van der Waals surface area contributed by atoms with E-state index in [1.165, 1.54) is 4.90 Å². The molecule has 1 aliphatic heterocycles. The van der Waals surface area contributed by atoms with Crippen molar-refractivity contribution in [3.63, 3.8) is 0 Å². The number of hydrogen-bond acceptors (Lipinski definition) is 5. The molecule has 0 spiro atoms. The van der Waals surface area contributed by atoms with Gasteiger partial charge in [-0.1, -0.05) is 29.8 Å². The van der Waals surface area contributed by atoms with E-state index in [4.69, 9.17) is 11.6 Å². The second-order valence-electron chi connectivity index (χ2n) is 7.78. The summed E-state index contributed by atoms with van der Waals surface area (Å²) in [7, 11) is 0. The summed E-state index contributed by atoms with van der Waals surface area (Å²) in [4.78, 5) is 37.9. The molecule has 2 amide bonds. The zero-order valence-corrected chi connectivity index (χ0v) is 19.7. The van der Waals surface area contributed by atoms with Crippen molar-refractivity contribution in [3.8, 4) is 5.69 Å². The van der Waals surface area contributed by atoms with E-state index in [9.17, 15) is 19.7 Å². The summed E-state index contributed by atoms with van der Waals surface area (Å²) in [5.41, 5.74) is 4.55. The third-order valence-corrected chi connectivity index (χ3v) is 6.69. The molecule has 2 heterocycles. The molecular formula is C24H20ClN3O4S. The van der Waals surface area contributed by atoms with Crippen molar-refractivity contribution in [2.75, 3.05) is 0 Å². The molecule has 1 saturated heterocycles. The second-order valence-corrected chi connectivity index (χ2v) is 9.21. The standard InChI is InChI=1S/C24H20ClN3O4S/c1-14-4-9-20(12-21(14)28(31)32)27-15(2)10-18(16(27)3)11-22-23(29)26(24(30)33-22)13-17-5-7-19(25)8-6-17/h4-12H,13H2,1-3H3. The van der Waals surface area contributed by atoms with Gasteiger partial charge in [-0.2, -0.15) is 0 Å². The number of nitrogens with zero attached hydrogens (tertiary/aromatic N) is 3. The molecule has 0 bridgehead atoms. The fourth-order valence-electron chi connectivity index (χ4n) is 3.81. The lowest BCUT2D eigenvalue weighted by Crippen LogP contribution is -2.27. The maximum atomic E-state index is 12.9. The zero-order valence-electron chi connectivity index (χ0n) is 18.2. The van der Waals surface area contributed by atoms with Crippen LogP contribution in [0, 0.1) is 30.9 Å². The predicted octanol–water partition coefficient (Wildman–Crippen LogP) is 6.20. The van der Waals surface area contributed by atoms with E-state index in [2.05, 4.69) is 0 Å². The Balaban J connectivity index is 1.64. The molecule has 4 rings (SSSR count). The highest BCUT2D eigenvalue weighted by atomic mass is 35.5. The van der Waals surface area contributed by atoms with Crippen molar-refractivity contribution in [2.45, 2.75) is 27.3 Å². The first kappa shape index (κ1) is 22.8. The normalized spacial score (nSPS) is 15.0. The second kappa shape index (κ2) is 8.88. The van der Waals surface area contributed by atoms with Crippen LogP contribution in [-0.2, 0) is 11.3 Å². The summed E-state index contributed by atoms with van der Waals surface area (Å²) in [6.07, 6.45) is 1.70. The molecule has 0 aliphatic carbocycles. The third kappa shape index (κ3) is 4.44. The van der Waals surface area contributed by atoms with Gasteiger partial charge in [-0.3, -0.25) is 24.6 Å². The lowest BCUT2D eigenvalue weighted by molar-refractivity contribution is -0.385. The zero-order chi connectivity index (χ0) is 23.9. The lowest BCUT2D eigenvalue weighted by atomic mass is 10.1. The molecule has 0 atom stereocenters. The summed E-state index contributed by atoms with van der Waals surface area (Å²) in [5.74, 6) is -0.351. The Kier molecular flexibility index (Phi) is 6.14. The minimum absolute atomic E-state index is 0.0462. The highest BCUT2D eigenvalue weighted by Gasteiger charge is 2.35. The van der Waals surface area contributed by atoms with Gasteiger partial charge in [-0.25, -0.2) is 0 Å². The Hall–Kier alpha value is -3.36. The van der Waals surface area contributed by atoms with E-state index < -0.39 is 4.92 Å². The maximum Gasteiger partial charge on any atom is 0.293 e. The molecule has 168 valence electrons. The number of aryl methyl sites for hydroxylation is 2. The third-order valence-electron chi connectivity index (χ3n) is 5.53. The van der Waals surface area contributed by atoms with Gasteiger partial charge in [0.2, 0.25) is 0 Å². The van der Waals surface area contributed by atoms with E-state index >= 15 is 0 Å². The minimum atomic E-state index is -0.398. The van der Waals surface area contributed by atoms with Crippen LogP contribution in [0.4, 0.5) is 10.5 Å². The number of carbonyl (C=O) groups excluding carboxylic acids is 2. The number of nitro benzene ring substituents is 1. The highest BCUT2D eigenvalue weighted by molar-refractivity contribution is 8.18. The molecule has 0 radical (unpaired) electrons. The fraction of sp³-hybridized carbons (Fsp3) is 0.167. The van der Waals surface area contributed by atoms with Crippen LogP contribution in [0.2, 0.25) is 5.02 Å². The summed E-state index contributed by atoms with van der Waals surface area (Å²) >= 11 is 6.81. The van der Waals surface area contributed by atoms with E-state index in [1.807, 2.05) is 30.5 Å². The van der Waals surface area contributed by atoms with Gasteiger partial charge in [0.15, 0.2) is 0 Å². The van der Waals surface area contributed by atoms with Gasteiger partial charge in [-0.15, -0.1) is 0 Å². The smallest absolute Gasteiger partial charge is 0.293 e. The van der Waals surface area contributed by atoms with E-state index in [1.54, 1.807) is 49.4 Å². The first-order chi connectivity index (χ1) is 15.7. The molecule has 3 aromatic rings. The molecule has 2 aromatic carbocycles. The van der Waals surface area contributed by atoms with Crippen molar-refractivity contribution in [1.29, 1.82) is 0 Å². The summed E-state index contributed by atoms with van der Waals surface area (Å²) < 4.78 is 1.90. The molecule has 33 heavy (non-hydrogen) atoms. The number of carbonyl (C=O) groups is 2. The molecule has 1 aromatic heterocycles. The number of rotatable bonds is 5. The van der Waals surface area contributed by atoms with Crippen LogP contribution in [0.3, 0.4) is 0 Å². The van der Waals surface area contributed by atoms with Gasteiger partial charge < -0.3 is 4.57 Å². The molecular weight excluding hydrogens is 462 g/mol. The molecule has 0 unspecified atom stereocenters. The monoisotopic (exact) mass is 481 g/mol. The molecule has 1 fully saturated rings. The Labute approximate surface area is 199 Å². The Morgan fingerprint density at radius 1 is 1.06 bits per heavy atom. The molecule has 0 saturated carbocycles. The first-order valence-corrected chi connectivity index (χ1v) is 11.3. The number of amides is 2.